The van der Waals surface area contributed by atoms with Crippen LogP contribution in [0.5, 0.6) is 0 Å². The average molecular weight is 397 g/mol. The normalized spacial score (nSPS) is 16.3. The van der Waals surface area contributed by atoms with Gasteiger partial charge in [-0.05, 0) is 67.5 Å². The largest absolute Gasteiger partial charge is 0.352 e. The molecule has 3 amide bonds. The zero-order chi connectivity index (χ0) is 20.6. The van der Waals surface area contributed by atoms with E-state index in [1.807, 2.05) is 31.2 Å². The quantitative estimate of drug-likeness (QED) is 0.755. The minimum Gasteiger partial charge on any atom is -0.352 e. The number of hydrogen-bond acceptors (Lipinski definition) is 2. The third kappa shape index (κ3) is 6.31. The molecule has 1 heterocycles. The smallest absolute Gasteiger partial charge is 0.321 e. The number of aryl methyl sites for hydroxylation is 1. The number of halogens is 1. The first kappa shape index (κ1) is 20.8. The van der Waals surface area contributed by atoms with Crippen molar-refractivity contribution in [2.75, 3.05) is 18.4 Å². The predicted octanol–water partition coefficient (Wildman–Crippen LogP) is 4.47. The summed E-state index contributed by atoms with van der Waals surface area (Å²) in [7, 11) is 0. The van der Waals surface area contributed by atoms with Gasteiger partial charge in [0, 0.05) is 31.7 Å². The number of nitrogens with zero attached hydrogens (tertiary/aromatic N) is 1. The summed E-state index contributed by atoms with van der Waals surface area (Å²) in [5, 5.41) is 5.80. The summed E-state index contributed by atoms with van der Waals surface area (Å²) in [6, 6.07) is 13.6. The Labute approximate surface area is 171 Å². The van der Waals surface area contributed by atoms with E-state index in [1.165, 1.54) is 17.7 Å². The Bertz CT molecular complexity index is 838. The molecule has 2 N–H and O–H groups in total. The lowest BCUT2D eigenvalue weighted by atomic mass is 9.93. The van der Waals surface area contributed by atoms with Gasteiger partial charge in [-0.25, -0.2) is 9.18 Å². The van der Waals surface area contributed by atoms with E-state index in [2.05, 4.69) is 10.6 Å². The van der Waals surface area contributed by atoms with Gasteiger partial charge in [-0.1, -0.05) is 24.3 Å². The van der Waals surface area contributed by atoms with Crippen molar-refractivity contribution in [2.45, 2.75) is 39.2 Å². The van der Waals surface area contributed by atoms with Crippen LogP contribution in [0.3, 0.4) is 0 Å². The van der Waals surface area contributed by atoms with Crippen molar-refractivity contribution in [2.24, 2.45) is 5.92 Å². The maximum absolute atomic E-state index is 13.0. The third-order valence-corrected chi connectivity index (χ3v) is 5.42. The molecule has 3 rings (SSSR count). The van der Waals surface area contributed by atoms with Crippen molar-refractivity contribution in [3.63, 3.8) is 0 Å². The van der Waals surface area contributed by atoms with Crippen LogP contribution in [-0.4, -0.2) is 29.9 Å². The van der Waals surface area contributed by atoms with E-state index in [1.54, 1.807) is 17.0 Å². The van der Waals surface area contributed by atoms with Crippen molar-refractivity contribution >= 4 is 17.6 Å². The van der Waals surface area contributed by atoms with E-state index in [4.69, 9.17) is 0 Å². The Kier molecular flexibility index (Phi) is 7.22. The van der Waals surface area contributed by atoms with Gasteiger partial charge >= 0.3 is 6.03 Å². The van der Waals surface area contributed by atoms with Crippen LogP contribution >= 0.6 is 0 Å². The molecule has 2 aromatic rings. The Morgan fingerprint density at radius 3 is 2.66 bits per heavy atom. The van der Waals surface area contributed by atoms with Crippen LogP contribution in [0.25, 0.3) is 0 Å². The number of likely N-dealkylation sites (tertiary alicyclic amines) is 1. The van der Waals surface area contributed by atoms with Crippen LogP contribution in [-0.2, 0) is 11.3 Å². The lowest BCUT2D eigenvalue weighted by molar-refractivity contribution is -0.121. The standard InChI is InChI=1S/C23H28FN3O2/c1-17-5-2-3-7-19(17)15-25-22(28)13-8-18-6-4-14-27(16-18)23(29)26-21-11-9-20(24)10-12-21/h2-3,5,7,9-12,18H,4,6,8,13-16H2,1H3,(H,25,28)(H,26,29)/t18-/m0/s1. The zero-order valence-corrected chi connectivity index (χ0v) is 16.8. The van der Waals surface area contributed by atoms with Gasteiger partial charge in [0.05, 0.1) is 0 Å². The van der Waals surface area contributed by atoms with Crippen LogP contribution in [0.4, 0.5) is 14.9 Å². The molecule has 29 heavy (non-hydrogen) atoms. The highest BCUT2D eigenvalue weighted by Gasteiger charge is 2.24. The van der Waals surface area contributed by atoms with E-state index >= 15 is 0 Å². The van der Waals surface area contributed by atoms with Crippen LogP contribution in [0.15, 0.2) is 48.5 Å². The number of anilines is 1. The van der Waals surface area contributed by atoms with Crippen molar-refractivity contribution in [3.8, 4) is 0 Å². The summed E-state index contributed by atoms with van der Waals surface area (Å²) < 4.78 is 13.0. The van der Waals surface area contributed by atoms with E-state index < -0.39 is 0 Å². The molecule has 2 aromatic carbocycles. The topological polar surface area (TPSA) is 61.4 Å². The first-order valence-corrected chi connectivity index (χ1v) is 10.1. The fourth-order valence-corrected chi connectivity index (χ4v) is 3.65. The fourth-order valence-electron chi connectivity index (χ4n) is 3.65. The van der Waals surface area contributed by atoms with E-state index in [9.17, 15) is 14.0 Å². The molecule has 0 bridgehead atoms. The van der Waals surface area contributed by atoms with Gasteiger partial charge < -0.3 is 15.5 Å². The highest BCUT2D eigenvalue weighted by atomic mass is 19.1. The third-order valence-electron chi connectivity index (χ3n) is 5.42. The van der Waals surface area contributed by atoms with Gasteiger partial charge in [-0.3, -0.25) is 4.79 Å². The number of hydrogen-bond donors (Lipinski definition) is 2. The minimum atomic E-state index is -0.332. The first-order valence-electron chi connectivity index (χ1n) is 10.1. The Morgan fingerprint density at radius 2 is 1.90 bits per heavy atom. The summed E-state index contributed by atoms with van der Waals surface area (Å²) in [5.41, 5.74) is 2.87. The number of piperidine rings is 1. The SMILES string of the molecule is Cc1ccccc1CNC(=O)CC[C@@H]1CCCN(C(=O)Nc2ccc(F)cc2)C1. The summed E-state index contributed by atoms with van der Waals surface area (Å²) in [6.07, 6.45) is 3.17. The van der Waals surface area contributed by atoms with Gasteiger partial charge in [0.2, 0.25) is 5.91 Å². The number of rotatable bonds is 6. The number of carbonyl (C=O) groups excluding carboxylic acids is 2. The molecule has 5 nitrogen and oxygen atoms in total. The first-order chi connectivity index (χ1) is 14.0. The summed E-state index contributed by atoms with van der Waals surface area (Å²) >= 11 is 0. The number of benzene rings is 2. The Balaban J connectivity index is 1.42. The lowest BCUT2D eigenvalue weighted by Crippen LogP contribution is -2.42. The number of urea groups is 1. The van der Waals surface area contributed by atoms with Crippen LogP contribution in [0, 0.1) is 18.7 Å². The molecule has 1 fully saturated rings. The van der Waals surface area contributed by atoms with Gasteiger partial charge in [0.15, 0.2) is 0 Å². The molecule has 1 saturated heterocycles. The van der Waals surface area contributed by atoms with Crippen molar-refractivity contribution in [3.05, 3.63) is 65.5 Å². The molecule has 1 aliphatic heterocycles. The van der Waals surface area contributed by atoms with E-state index in [-0.39, 0.29) is 17.8 Å². The summed E-state index contributed by atoms with van der Waals surface area (Å²) in [4.78, 5) is 26.5. The highest BCUT2D eigenvalue weighted by Crippen LogP contribution is 2.22. The van der Waals surface area contributed by atoms with E-state index in [0.29, 0.717) is 37.7 Å². The molecule has 1 atom stereocenters. The van der Waals surface area contributed by atoms with Gasteiger partial charge in [-0.2, -0.15) is 0 Å². The molecule has 0 radical (unpaired) electrons. The average Bonchev–Trinajstić information content (AvgIpc) is 2.73. The van der Waals surface area contributed by atoms with Crippen molar-refractivity contribution in [1.29, 1.82) is 0 Å². The molecule has 154 valence electrons. The second kappa shape index (κ2) is 10.0. The number of nitrogens with one attached hydrogen (secondary N) is 2. The number of amides is 3. The van der Waals surface area contributed by atoms with E-state index in [0.717, 1.165) is 24.8 Å². The molecule has 0 saturated carbocycles. The predicted molar refractivity (Wildman–Crippen MR) is 112 cm³/mol. The summed E-state index contributed by atoms with van der Waals surface area (Å²) in [6.45, 7) is 3.92. The van der Waals surface area contributed by atoms with Crippen LogP contribution in [0.1, 0.15) is 36.8 Å². The minimum absolute atomic E-state index is 0.0427. The molecule has 0 spiro atoms. The lowest BCUT2D eigenvalue weighted by Gasteiger charge is -2.32. The molecule has 0 aliphatic carbocycles. The zero-order valence-electron chi connectivity index (χ0n) is 16.8. The van der Waals surface area contributed by atoms with Crippen LogP contribution < -0.4 is 10.6 Å². The number of carbonyl (C=O) groups is 2. The van der Waals surface area contributed by atoms with Gasteiger partial charge in [-0.15, -0.1) is 0 Å². The molecule has 0 unspecified atom stereocenters. The van der Waals surface area contributed by atoms with Crippen molar-refractivity contribution in [1.82, 2.24) is 10.2 Å². The molecule has 6 heteroatoms. The maximum atomic E-state index is 13.0. The summed E-state index contributed by atoms with van der Waals surface area (Å²) in [5.74, 6) is 0.0230. The Morgan fingerprint density at radius 1 is 1.14 bits per heavy atom. The second-order valence-electron chi connectivity index (χ2n) is 7.63. The van der Waals surface area contributed by atoms with Gasteiger partial charge in [0.1, 0.15) is 5.82 Å². The van der Waals surface area contributed by atoms with Crippen molar-refractivity contribution < 1.29 is 14.0 Å². The highest BCUT2D eigenvalue weighted by molar-refractivity contribution is 5.89. The molecule has 1 aliphatic rings. The molecular weight excluding hydrogens is 369 g/mol. The van der Waals surface area contributed by atoms with Gasteiger partial charge in [0.25, 0.3) is 0 Å². The Hall–Kier alpha value is -2.89. The molecule has 0 aromatic heterocycles. The monoisotopic (exact) mass is 397 g/mol. The fraction of sp³-hybridized carbons (Fsp3) is 0.391. The van der Waals surface area contributed by atoms with Crippen LogP contribution in [0.2, 0.25) is 0 Å². The maximum Gasteiger partial charge on any atom is 0.321 e. The second-order valence-corrected chi connectivity index (χ2v) is 7.63. The molecular formula is C23H28FN3O2.